The number of fused-ring (bicyclic) bond motifs is 1. The van der Waals surface area contributed by atoms with Crippen molar-refractivity contribution in [3.8, 4) is 0 Å². The average Bonchev–Trinajstić information content (AvgIpc) is 3.22. The zero-order valence-electron chi connectivity index (χ0n) is 25.6. The minimum absolute atomic E-state index is 0.0292. The molecule has 0 bridgehead atoms. The maximum atomic E-state index is 14.1. The smallest absolute Gasteiger partial charge is 0.330 e. The Bertz CT molecular complexity index is 1740. The van der Waals surface area contributed by atoms with E-state index in [4.69, 9.17) is 11.1 Å². The predicted molar refractivity (Wildman–Crippen MR) is 167 cm³/mol. The van der Waals surface area contributed by atoms with Gasteiger partial charge in [0.2, 0.25) is 11.8 Å². The number of urea groups is 1. The Hall–Kier alpha value is -5.83. The van der Waals surface area contributed by atoms with E-state index in [1.54, 1.807) is 12.1 Å². The fraction of sp³-hybridized carbons (Fsp3) is 0.281. The first-order valence-corrected chi connectivity index (χ1v) is 14.4. The Kier molecular flexibility index (Phi) is 10.2. The molecule has 0 spiro atoms. The summed E-state index contributed by atoms with van der Waals surface area (Å²) in [5.41, 5.74) is 5.45. The monoisotopic (exact) mass is 646 g/mol. The number of ether oxygens (including phenoxy) is 1. The maximum Gasteiger partial charge on any atom is 0.330 e. The quantitative estimate of drug-likeness (QED) is 0.0648. The zero-order chi connectivity index (χ0) is 34.5. The molecular weight excluding hydrogens is 612 g/mol. The molecule has 3 aromatic rings. The molecule has 3 atom stereocenters. The molecule has 0 aliphatic carbocycles. The van der Waals surface area contributed by atoms with E-state index in [-0.39, 0.29) is 12.4 Å². The van der Waals surface area contributed by atoms with E-state index in [0.717, 1.165) is 17.9 Å². The molecule has 0 saturated carbocycles. The van der Waals surface area contributed by atoms with Crippen molar-refractivity contribution in [2.24, 2.45) is 5.73 Å². The molecule has 1 heterocycles. The van der Waals surface area contributed by atoms with Gasteiger partial charge in [0.1, 0.15) is 24.0 Å². The van der Waals surface area contributed by atoms with Crippen LogP contribution in [0.3, 0.4) is 0 Å². The number of imide groups is 1. The summed E-state index contributed by atoms with van der Waals surface area (Å²) in [5, 5.41) is 32.6. The van der Waals surface area contributed by atoms with E-state index >= 15 is 0 Å². The second-order valence-electron chi connectivity index (χ2n) is 11.0. The first kappa shape index (κ1) is 34.1. The number of esters is 1. The van der Waals surface area contributed by atoms with Crippen molar-refractivity contribution in [1.29, 1.82) is 5.41 Å². The molecule has 47 heavy (non-hydrogen) atoms. The number of carbonyl (C=O) groups is 6. The third kappa shape index (κ3) is 7.20. The third-order valence-corrected chi connectivity index (χ3v) is 7.89. The molecule has 15 heteroatoms. The van der Waals surface area contributed by atoms with Crippen LogP contribution in [0.5, 0.6) is 0 Å². The number of aliphatic carboxylic acids is 1. The highest BCUT2D eigenvalue weighted by atomic mass is 16.5. The lowest BCUT2D eigenvalue weighted by atomic mass is 9.89. The van der Waals surface area contributed by atoms with Crippen LogP contribution in [0.2, 0.25) is 0 Å². The molecule has 0 aromatic heterocycles. The number of hydrogen-bond acceptors (Lipinski definition) is 9. The van der Waals surface area contributed by atoms with Gasteiger partial charge in [0.25, 0.3) is 5.91 Å². The number of nitrogens with zero attached hydrogens (tertiary/aromatic N) is 2. The summed E-state index contributed by atoms with van der Waals surface area (Å²) < 4.78 is 4.49. The lowest BCUT2D eigenvalue weighted by molar-refractivity contribution is -0.147. The van der Waals surface area contributed by atoms with Crippen LogP contribution in [-0.4, -0.2) is 93.9 Å². The molecule has 1 aliphatic heterocycles. The zero-order valence-corrected chi connectivity index (χ0v) is 25.6. The van der Waals surface area contributed by atoms with Crippen molar-refractivity contribution >= 4 is 52.3 Å². The number of carboxylic acid groups (broad SMARTS) is 1. The van der Waals surface area contributed by atoms with Crippen LogP contribution in [0.4, 0.5) is 4.79 Å². The number of nitrogens with two attached hydrogens (primary N) is 1. The lowest BCUT2D eigenvalue weighted by Crippen LogP contribution is -2.55. The van der Waals surface area contributed by atoms with Crippen LogP contribution in [0, 0.1) is 5.41 Å². The normalized spacial score (nSPS) is 17.3. The van der Waals surface area contributed by atoms with E-state index in [1.807, 2.05) is 42.5 Å². The van der Waals surface area contributed by atoms with Crippen LogP contribution in [0.1, 0.15) is 30.0 Å². The number of nitrogens with one attached hydrogen (secondary N) is 3. The molecule has 246 valence electrons. The van der Waals surface area contributed by atoms with E-state index in [9.17, 15) is 39.0 Å². The van der Waals surface area contributed by atoms with Gasteiger partial charge in [-0.3, -0.25) is 29.5 Å². The van der Waals surface area contributed by atoms with E-state index < -0.39 is 72.9 Å². The van der Waals surface area contributed by atoms with Crippen molar-refractivity contribution < 1.29 is 43.7 Å². The van der Waals surface area contributed by atoms with E-state index in [1.165, 1.54) is 24.0 Å². The standard InChI is InChI=1S/C32H34N6O9/c1-32(22-11-9-20(10-12-22)27(33)34)30(45)37(31(46)38(32)15-18-7-8-19-5-3-4-6-21(19)13-18)16-25(40)35-23(14-26(41)42)28(43)36-24(17-39)29(44)47-2/h3-13,23-24,39H,14-17H2,1-2H3,(H3,33,34)(H,35,40)(H,36,43)(H,41,42)/t23-,24-,32?/m0/s1. The number of nitrogen functional groups attached to an aromatic ring is 1. The number of methoxy groups -OCH3 is 1. The first-order valence-electron chi connectivity index (χ1n) is 14.4. The third-order valence-electron chi connectivity index (χ3n) is 7.89. The summed E-state index contributed by atoms with van der Waals surface area (Å²) >= 11 is 0. The molecule has 5 amide bonds. The van der Waals surface area contributed by atoms with Gasteiger partial charge in [-0.05, 0) is 34.9 Å². The van der Waals surface area contributed by atoms with Crippen LogP contribution in [0.15, 0.2) is 66.7 Å². The largest absolute Gasteiger partial charge is 0.481 e. The second-order valence-corrected chi connectivity index (χ2v) is 11.0. The highest BCUT2D eigenvalue weighted by Crippen LogP contribution is 2.39. The van der Waals surface area contributed by atoms with Gasteiger partial charge < -0.3 is 36.2 Å². The molecule has 1 aliphatic rings. The van der Waals surface area contributed by atoms with Gasteiger partial charge in [0.05, 0.1) is 20.1 Å². The molecule has 7 N–H and O–H groups in total. The van der Waals surface area contributed by atoms with Crippen LogP contribution >= 0.6 is 0 Å². The SMILES string of the molecule is COC(=O)[C@H](CO)NC(=O)[C@H](CC(=O)O)NC(=O)CN1C(=O)N(Cc2ccc3ccccc3c2)C(C)(c2ccc(C(=N)N)cc2)C1=O. The fourth-order valence-electron chi connectivity index (χ4n) is 5.30. The van der Waals surface area contributed by atoms with E-state index in [2.05, 4.69) is 15.4 Å². The topological polar surface area (TPSA) is 233 Å². The van der Waals surface area contributed by atoms with E-state index in [0.29, 0.717) is 21.6 Å². The summed E-state index contributed by atoms with van der Waals surface area (Å²) in [6.45, 7) is -0.227. The average molecular weight is 647 g/mol. The molecule has 15 nitrogen and oxygen atoms in total. The number of aliphatic hydroxyl groups excluding tert-OH is 1. The van der Waals surface area contributed by atoms with Crippen LogP contribution in [-0.2, 0) is 40.8 Å². The van der Waals surface area contributed by atoms with Crippen molar-refractivity contribution in [2.45, 2.75) is 37.5 Å². The minimum Gasteiger partial charge on any atom is -0.481 e. The Morgan fingerprint density at radius 1 is 0.979 bits per heavy atom. The fourth-order valence-corrected chi connectivity index (χ4v) is 5.30. The Morgan fingerprint density at radius 3 is 2.23 bits per heavy atom. The molecule has 1 saturated heterocycles. The minimum atomic E-state index is -1.73. The Balaban J connectivity index is 1.63. The summed E-state index contributed by atoms with van der Waals surface area (Å²) in [4.78, 5) is 79.2. The van der Waals surface area contributed by atoms with Gasteiger partial charge in [-0.1, -0.05) is 60.7 Å². The predicted octanol–water partition coefficient (Wildman–Crippen LogP) is 0.413. The summed E-state index contributed by atoms with van der Waals surface area (Å²) in [6.07, 6.45) is -0.910. The van der Waals surface area contributed by atoms with Gasteiger partial charge in [0.15, 0.2) is 6.04 Å². The Morgan fingerprint density at radius 2 is 1.64 bits per heavy atom. The molecule has 1 unspecified atom stereocenters. The number of aliphatic hydroxyl groups is 1. The molecule has 3 aromatic carbocycles. The van der Waals surface area contributed by atoms with Gasteiger partial charge in [-0.2, -0.15) is 0 Å². The van der Waals surface area contributed by atoms with Gasteiger partial charge in [0, 0.05) is 12.1 Å². The summed E-state index contributed by atoms with van der Waals surface area (Å²) in [5.74, 6) is -5.58. The number of rotatable bonds is 13. The lowest BCUT2D eigenvalue weighted by Gasteiger charge is -2.32. The number of amides is 5. The Labute approximate surface area is 268 Å². The van der Waals surface area contributed by atoms with Gasteiger partial charge in [-0.15, -0.1) is 0 Å². The highest BCUT2D eigenvalue weighted by Gasteiger charge is 2.55. The summed E-state index contributed by atoms with van der Waals surface area (Å²) in [7, 11) is 1.02. The number of carboxylic acids is 1. The summed E-state index contributed by atoms with van der Waals surface area (Å²) in [6, 6.07) is 15.3. The van der Waals surface area contributed by atoms with Crippen molar-refractivity contribution in [2.75, 3.05) is 20.3 Å². The first-order chi connectivity index (χ1) is 22.3. The van der Waals surface area contributed by atoms with Crippen molar-refractivity contribution in [1.82, 2.24) is 20.4 Å². The van der Waals surface area contributed by atoms with Crippen molar-refractivity contribution in [3.63, 3.8) is 0 Å². The maximum absolute atomic E-state index is 14.1. The molecule has 1 fully saturated rings. The van der Waals surface area contributed by atoms with Gasteiger partial charge in [-0.25, -0.2) is 9.59 Å². The molecular formula is C32H34N6O9. The van der Waals surface area contributed by atoms with Crippen molar-refractivity contribution in [3.05, 3.63) is 83.4 Å². The molecule has 0 radical (unpaired) electrons. The second kappa shape index (κ2) is 14.1. The highest BCUT2D eigenvalue weighted by molar-refractivity contribution is 6.09. The number of benzene rings is 3. The number of hydrogen-bond donors (Lipinski definition) is 6. The number of carbonyl (C=O) groups excluding carboxylic acids is 5. The van der Waals surface area contributed by atoms with Crippen LogP contribution in [0.25, 0.3) is 10.8 Å². The number of amidine groups is 1. The van der Waals surface area contributed by atoms with Gasteiger partial charge >= 0.3 is 18.0 Å². The van der Waals surface area contributed by atoms with Crippen LogP contribution < -0.4 is 16.4 Å². The molecule has 4 rings (SSSR count).